The Labute approximate surface area is 115 Å². The van der Waals surface area contributed by atoms with E-state index in [1.54, 1.807) is 26.1 Å². The van der Waals surface area contributed by atoms with Gasteiger partial charge in [-0.2, -0.15) is 5.10 Å². The minimum atomic E-state index is -0.453. The van der Waals surface area contributed by atoms with Crippen LogP contribution in [-0.4, -0.2) is 33.0 Å². The Bertz CT molecular complexity index is 651. The van der Waals surface area contributed by atoms with E-state index in [2.05, 4.69) is 10.2 Å². The largest absolute Gasteiger partial charge is 0.337 e. The van der Waals surface area contributed by atoms with E-state index in [0.717, 1.165) is 0 Å². The van der Waals surface area contributed by atoms with E-state index in [-0.39, 0.29) is 11.6 Å². The Morgan fingerprint density at radius 3 is 2.85 bits per heavy atom. The molecule has 0 spiro atoms. The van der Waals surface area contributed by atoms with Gasteiger partial charge in [0.25, 0.3) is 11.6 Å². The summed E-state index contributed by atoms with van der Waals surface area (Å²) in [5, 5.41) is 17.2. The van der Waals surface area contributed by atoms with Crippen LogP contribution in [0.4, 0.5) is 5.69 Å². The van der Waals surface area contributed by atoms with Crippen LogP contribution in [0.3, 0.4) is 0 Å². The van der Waals surface area contributed by atoms with Crippen LogP contribution in [0.25, 0.3) is 0 Å². The number of hydrogen-bond acceptors (Lipinski definition) is 4. The second-order valence-corrected chi connectivity index (χ2v) is 4.50. The predicted molar refractivity (Wildman–Crippen MR) is 72.2 cm³/mol. The smallest absolute Gasteiger partial charge is 0.269 e. The van der Waals surface area contributed by atoms with Gasteiger partial charge < -0.3 is 4.90 Å². The fourth-order valence-electron chi connectivity index (χ4n) is 1.89. The molecule has 2 rings (SSSR count). The van der Waals surface area contributed by atoms with Crippen LogP contribution >= 0.6 is 0 Å². The molecule has 0 radical (unpaired) electrons. The molecule has 1 N–H and O–H groups in total. The second kappa shape index (κ2) is 5.52. The quantitative estimate of drug-likeness (QED) is 0.680. The van der Waals surface area contributed by atoms with E-state index in [0.29, 0.717) is 23.4 Å². The number of nitro groups is 1. The van der Waals surface area contributed by atoms with E-state index in [1.165, 1.54) is 23.2 Å². The van der Waals surface area contributed by atoms with Crippen LogP contribution in [0.5, 0.6) is 0 Å². The summed E-state index contributed by atoms with van der Waals surface area (Å²) in [5.41, 5.74) is 1.91. The van der Waals surface area contributed by atoms with Gasteiger partial charge in [-0.15, -0.1) is 0 Å². The van der Waals surface area contributed by atoms with Crippen molar-refractivity contribution < 1.29 is 9.72 Å². The first-order chi connectivity index (χ1) is 9.49. The maximum atomic E-state index is 12.2. The number of H-pyrrole nitrogens is 1. The lowest BCUT2D eigenvalue weighted by atomic mass is 10.1. The number of nitrogens with zero attached hydrogens (tertiary/aromatic N) is 3. The van der Waals surface area contributed by atoms with Crippen molar-refractivity contribution in [3.8, 4) is 0 Å². The summed E-state index contributed by atoms with van der Waals surface area (Å²) in [6.45, 7) is 2.06. The number of carbonyl (C=O) groups is 1. The van der Waals surface area contributed by atoms with Crippen LogP contribution in [0.1, 0.15) is 21.6 Å². The molecule has 0 saturated heterocycles. The van der Waals surface area contributed by atoms with Gasteiger partial charge in [-0.05, 0) is 12.5 Å². The van der Waals surface area contributed by atoms with Crippen molar-refractivity contribution in [3.05, 3.63) is 57.4 Å². The van der Waals surface area contributed by atoms with Crippen LogP contribution in [0, 0.1) is 17.0 Å². The average Bonchev–Trinajstić information content (AvgIpc) is 2.84. The minimum Gasteiger partial charge on any atom is -0.337 e. The zero-order valence-corrected chi connectivity index (χ0v) is 11.2. The molecule has 0 bridgehead atoms. The third kappa shape index (κ3) is 2.82. The van der Waals surface area contributed by atoms with E-state index in [1.807, 2.05) is 0 Å². The highest BCUT2D eigenvalue weighted by molar-refractivity contribution is 5.94. The van der Waals surface area contributed by atoms with E-state index in [4.69, 9.17) is 0 Å². The maximum absolute atomic E-state index is 12.2. The lowest BCUT2D eigenvalue weighted by molar-refractivity contribution is -0.384. The summed E-state index contributed by atoms with van der Waals surface area (Å²) in [6.07, 6.45) is 1.47. The molecule has 1 aromatic heterocycles. The first-order valence-electron chi connectivity index (χ1n) is 5.98. The zero-order chi connectivity index (χ0) is 14.7. The number of nitrogens with one attached hydrogen (secondary N) is 1. The average molecular weight is 274 g/mol. The molecule has 7 heteroatoms. The van der Waals surface area contributed by atoms with E-state index >= 15 is 0 Å². The molecule has 0 fully saturated rings. The summed E-state index contributed by atoms with van der Waals surface area (Å²) >= 11 is 0. The molecule has 1 amide bonds. The SMILES string of the molecule is Cc1[nH]ncc1C(=O)N(C)Cc1cccc([N+](=O)[O-])c1. The van der Waals surface area contributed by atoms with Crippen molar-refractivity contribution in [3.63, 3.8) is 0 Å². The third-order valence-electron chi connectivity index (χ3n) is 2.95. The molecule has 104 valence electrons. The van der Waals surface area contributed by atoms with Gasteiger partial charge in [-0.3, -0.25) is 20.0 Å². The molecule has 1 aromatic carbocycles. The zero-order valence-electron chi connectivity index (χ0n) is 11.2. The number of rotatable bonds is 4. The Balaban J connectivity index is 2.14. The van der Waals surface area contributed by atoms with E-state index < -0.39 is 4.92 Å². The molecule has 0 aliphatic heterocycles. The summed E-state index contributed by atoms with van der Waals surface area (Å²) < 4.78 is 0. The summed E-state index contributed by atoms with van der Waals surface area (Å²) in [6, 6.07) is 6.24. The lowest BCUT2D eigenvalue weighted by Gasteiger charge is -2.16. The molecule has 1 heterocycles. The van der Waals surface area contributed by atoms with Gasteiger partial charge in [-0.1, -0.05) is 12.1 Å². The molecule has 20 heavy (non-hydrogen) atoms. The fourth-order valence-corrected chi connectivity index (χ4v) is 1.89. The molecule has 0 aliphatic carbocycles. The predicted octanol–water partition coefficient (Wildman–Crippen LogP) is 1.90. The normalized spacial score (nSPS) is 10.3. The molecule has 0 saturated carbocycles. The second-order valence-electron chi connectivity index (χ2n) is 4.50. The van der Waals surface area contributed by atoms with Crippen molar-refractivity contribution in [1.82, 2.24) is 15.1 Å². The third-order valence-corrected chi connectivity index (χ3v) is 2.95. The highest BCUT2D eigenvalue weighted by Crippen LogP contribution is 2.15. The van der Waals surface area contributed by atoms with Gasteiger partial charge >= 0.3 is 0 Å². The topological polar surface area (TPSA) is 92.1 Å². The Kier molecular flexibility index (Phi) is 3.79. The van der Waals surface area contributed by atoms with Crippen LogP contribution < -0.4 is 0 Å². The fraction of sp³-hybridized carbons (Fsp3) is 0.231. The van der Waals surface area contributed by atoms with E-state index in [9.17, 15) is 14.9 Å². The monoisotopic (exact) mass is 274 g/mol. The summed E-state index contributed by atoms with van der Waals surface area (Å²) in [7, 11) is 1.65. The number of hydrogen-bond donors (Lipinski definition) is 1. The summed E-state index contributed by atoms with van der Waals surface area (Å²) in [4.78, 5) is 23.9. The van der Waals surface area contributed by atoms with Crippen LogP contribution in [0.15, 0.2) is 30.5 Å². The van der Waals surface area contributed by atoms with Crippen molar-refractivity contribution >= 4 is 11.6 Å². The number of nitro benzene ring substituents is 1. The van der Waals surface area contributed by atoms with Crippen molar-refractivity contribution in [2.75, 3.05) is 7.05 Å². The standard InChI is InChI=1S/C13H14N4O3/c1-9-12(7-14-15-9)13(18)16(2)8-10-4-3-5-11(6-10)17(19)20/h3-7H,8H2,1-2H3,(H,14,15). The molecule has 2 aromatic rings. The Morgan fingerprint density at radius 2 is 2.25 bits per heavy atom. The van der Waals surface area contributed by atoms with Gasteiger partial charge in [0.1, 0.15) is 0 Å². The Hall–Kier alpha value is -2.70. The highest BCUT2D eigenvalue weighted by atomic mass is 16.6. The number of aromatic nitrogens is 2. The minimum absolute atomic E-state index is 0.0165. The van der Waals surface area contributed by atoms with Gasteiger partial charge in [0.15, 0.2) is 0 Å². The number of non-ortho nitro benzene ring substituents is 1. The lowest BCUT2D eigenvalue weighted by Crippen LogP contribution is -2.26. The summed E-state index contributed by atoms with van der Waals surface area (Å²) in [5.74, 6) is -0.178. The van der Waals surface area contributed by atoms with Crippen molar-refractivity contribution in [2.45, 2.75) is 13.5 Å². The van der Waals surface area contributed by atoms with Gasteiger partial charge in [0, 0.05) is 31.4 Å². The maximum Gasteiger partial charge on any atom is 0.269 e. The van der Waals surface area contributed by atoms with Gasteiger partial charge in [0.2, 0.25) is 0 Å². The first-order valence-corrected chi connectivity index (χ1v) is 5.98. The Morgan fingerprint density at radius 1 is 1.50 bits per heavy atom. The van der Waals surface area contributed by atoms with Crippen molar-refractivity contribution in [1.29, 1.82) is 0 Å². The number of aromatic amines is 1. The van der Waals surface area contributed by atoms with Crippen LogP contribution in [-0.2, 0) is 6.54 Å². The molecular weight excluding hydrogens is 260 g/mol. The van der Waals surface area contributed by atoms with Gasteiger partial charge in [-0.25, -0.2) is 0 Å². The number of carbonyl (C=O) groups excluding carboxylic acids is 1. The highest BCUT2D eigenvalue weighted by Gasteiger charge is 2.16. The van der Waals surface area contributed by atoms with Gasteiger partial charge in [0.05, 0.1) is 16.7 Å². The molecule has 7 nitrogen and oxygen atoms in total. The number of amides is 1. The molecular formula is C13H14N4O3. The number of aryl methyl sites for hydroxylation is 1. The number of benzene rings is 1. The van der Waals surface area contributed by atoms with Crippen molar-refractivity contribution in [2.24, 2.45) is 0 Å². The molecule has 0 aliphatic rings. The first kappa shape index (κ1) is 13.7. The molecule has 0 atom stereocenters. The van der Waals surface area contributed by atoms with Crippen LogP contribution in [0.2, 0.25) is 0 Å². The molecule has 0 unspecified atom stereocenters.